The van der Waals surface area contributed by atoms with E-state index >= 15 is 0 Å². The van der Waals surface area contributed by atoms with Crippen molar-refractivity contribution >= 4 is 63.8 Å². The van der Waals surface area contributed by atoms with Gasteiger partial charge in [0.15, 0.2) is 5.16 Å². The van der Waals surface area contributed by atoms with E-state index in [9.17, 15) is 4.79 Å². The van der Waals surface area contributed by atoms with Crippen molar-refractivity contribution in [3.05, 3.63) is 56.4 Å². The predicted octanol–water partition coefficient (Wildman–Crippen LogP) is 4.68. The van der Waals surface area contributed by atoms with E-state index in [4.69, 9.17) is 16.6 Å². The Morgan fingerprint density at radius 1 is 1.19 bits per heavy atom. The van der Waals surface area contributed by atoms with Crippen molar-refractivity contribution < 1.29 is 4.79 Å². The third kappa shape index (κ3) is 4.30. The van der Waals surface area contributed by atoms with Crippen LogP contribution >= 0.6 is 34.4 Å². The van der Waals surface area contributed by atoms with Gasteiger partial charge in [0.05, 0.1) is 17.5 Å². The lowest BCUT2D eigenvalue weighted by Crippen LogP contribution is -2.32. The highest BCUT2D eigenvalue weighted by molar-refractivity contribution is 7.99. The van der Waals surface area contributed by atoms with Crippen molar-refractivity contribution in [3.63, 3.8) is 0 Å². The fraction of sp³-hybridized carbons (Fsp3) is 0.273. The molecule has 1 aliphatic carbocycles. The average Bonchev–Trinajstić information content (AvgIpc) is 3.52. The van der Waals surface area contributed by atoms with Crippen molar-refractivity contribution in [1.82, 2.24) is 15.0 Å². The molecule has 2 aliphatic rings. The number of rotatable bonds is 5. The minimum atomic E-state index is -0.0737. The Bertz CT molecular complexity index is 1150. The van der Waals surface area contributed by atoms with E-state index in [0.717, 1.165) is 29.9 Å². The van der Waals surface area contributed by atoms with E-state index in [-0.39, 0.29) is 23.6 Å². The number of amides is 1. The van der Waals surface area contributed by atoms with E-state index in [1.54, 1.807) is 27.7 Å². The summed E-state index contributed by atoms with van der Waals surface area (Å²) in [5, 5.41) is 11.1. The van der Waals surface area contributed by atoms with Crippen LogP contribution in [0.1, 0.15) is 35.1 Å². The summed E-state index contributed by atoms with van der Waals surface area (Å²) in [6.45, 7) is 0. The summed E-state index contributed by atoms with van der Waals surface area (Å²) in [7, 11) is 0. The number of anilines is 2. The van der Waals surface area contributed by atoms with Gasteiger partial charge < -0.3 is 11.5 Å². The van der Waals surface area contributed by atoms with Crippen LogP contribution < -0.4 is 11.5 Å². The van der Waals surface area contributed by atoms with Gasteiger partial charge in [0, 0.05) is 21.7 Å². The predicted molar refractivity (Wildman–Crippen MR) is 133 cm³/mol. The third-order valence-corrected chi connectivity index (χ3v) is 8.12. The maximum absolute atomic E-state index is 13.3. The van der Waals surface area contributed by atoms with Gasteiger partial charge in [-0.1, -0.05) is 23.9 Å². The van der Waals surface area contributed by atoms with Gasteiger partial charge in [0.2, 0.25) is 0 Å². The fourth-order valence-corrected chi connectivity index (χ4v) is 6.49. The van der Waals surface area contributed by atoms with Crippen LogP contribution in [0, 0.1) is 5.92 Å². The molecule has 0 bridgehead atoms. The molecule has 7 nitrogen and oxygen atoms in total. The number of fused-ring (bicyclic) bond motifs is 1. The molecule has 1 saturated carbocycles. The van der Waals surface area contributed by atoms with Crippen molar-refractivity contribution in [2.45, 2.75) is 30.5 Å². The number of nitrogen functional groups attached to an aromatic ring is 2. The first kappa shape index (κ1) is 21.2. The maximum Gasteiger partial charge on any atom is 0.253 e. The van der Waals surface area contributed by atoms with Crippen molar-refractivity contribution in [3.8, 4) is 0 Å². The molecule has 4 N–H and O–H groups in total. The lowest BCUT2D eigenvalue weighted by molar-refractivity contribution is -0.130. The SMILES string of the molecule is Nc1cc(N)nc(SCC(=O)N2N=C3/C(=C\c4cccs4)CCC[C@@H]3[C@H]2c2cccs2)n1. The number of thioether (sulfide) groups is 1. The molecule has 1 amide bonds. The number of nitrogens with two attached hydrogens (primary N) is 2. The van der Waals surface area contributed by atoms with Crippen LogP contribution in [0.2, 0.25) is 0 Å². The van der Waals surface area contributed by atoms with Crippen LogP contribution in [0.4, 0.5) is 11.6 Å². The van der Waals surface area contributed by atoms with Gasteiger partial charge in [0.1, 0.15) is 11.6 Å². The molecule has 32 heavy (non-hydrogen) atoms. The van der Waals surface area contributed by atoms with Gasteiger partial charge in [-0.3, -0.25) is 4.79 Å². The highest BCUT2D eigenvalue weighted by Gasteiger charge is 2.44. The van der Waals surface area contributed by atoms with Crippen LogP contribution in [0.3, 0.4) is 0 Å². The number of carbonyl (C=O) groups excluding carboxylic acids is 1. The zero-order valence-electron chi connectivity index (χ0n) is 17.2. The molecule has 0 unspecified atom stereocenters. The normalized spacial score (nSPS) is 21.6. The molecule has 2 atom stereocenters. The van der Waals surface area contributed by atoms with Gasteiger partial charge in [-0.15, -0.1) is 22.7 Å². The number of aromatic nitrogens is 2. The minimum absolute atomic E-state index is 0.0723. The van der Waals surface area contributed by atoms with Crippen molar-refractivity contribution in [2.75, 3.05) is 17.2 Å². The van der Waals surface area contributed by atoms with Gasteiger partial charge in [-0.25, -0.2) is 15.0 Å². The summed E-state index contributed by atoms with van der Waals surface area (Å²) in [5.41, 5.74) is 13.8. The van der Waals surface area contributed by atoms with E-state index in [1.165, 1.54) is 28.3 Å². The Labute approximate surface area is 198 Å². The van der Waals surface area contributed by atoms with E-state index in [1.807, 2.05) is 6.07 Å². The van der Waals surface area contributed by atoms with Crippen molar-refractivity contribution in [1.29, 1.82) is 0 Å². The molecule has 0 radical (unpaired) electrons. The largest absolute Gasteiger partial charge is 0.383 e. The van der Waals surface area contributed by atoms with E-state index < -0.39 is 0 Å². The van der Waals surface area contributed by atoms with Gasteiger partial charge in [0.25, 0.3) is 5.91 Å². The van der Waals surface area contributed by atoms with Crippen LogP contribution in [0.15, 0.2) is 56.9 Å². The lowest BCUT2D eigenvalue weighted by Gasteiger charge is -2.28. The van der Waals surface area contributed by atoms with E-state index in [2.05, 4.69) is 45.0 Å². The summed E-state index contributed by atoms with van der Waals surface area (Å²) >= 11 is 4.62. The summed E-state index contributed by atoms with van der Waals surface area (Å²) < 4.78 is 0. The number of carbonyl (C=O) groups is 1. The number of hydrogen-bond donors (Lipinski definition) is 2. The summed E-state index contributed by atoms with van der Waals surface area (Å²) in [6.07, 6.45) is 5.33. The molecule has 3 aromatic heterocycles. The maximum atomic E-state index is 13.3. The molecule has 5 rings (SSSR count). The van der Waals surface area contributed by atoms with Crippen molar-refractivity contribution in [2.24, 2.45) is 11.0 Å². The molecule has 3 aromatic rings. The van der Waals surface area contributed by atoms with E-state index in [0.29, 0.717) is 16.8 Å². The second-order valence-electron chi connectivity index (χ2n) is 7.66. The Morgan fingerprint density at radius 3 is 2.69 bits per heavy atom. The summed E-state index contributed by atoms with van der Waals surface area (Å²) in [6, 6.07) is 9.73. The molecule has 0 aromatic carbocycles. The Kier molecular flexibility index (Phi) is 5.99. The molecule has 1 fully saturated rings. The number of nitrogens with zero attached hydrogens (tertiary/aromatic N) is 4. The molecular formula is C22H22N6OS3. The first-order chi connectivity index (χ1) is 15.6. The van der Waals surface area contributed by atoms with Crippen LogP contribution in [-0.4, -0.2) is 32.3 Å². The summed E-state index contributed by atoms with van der Waals surface area (Å²) in [5.74, 6) is 0.884. The highest BCUT2D eigenvalue weighted by atomic mass is 32.2. The number of hydrogen-bond acceptors (Lipinski definition) is 9. The molecule has 164 valence electrons. The Balaban J connectivity index is 1.43. The molecule has 1 aliphatic heterocycles. The zero-order valence-corrected chi connectivity index (χ0v) is 19.6. The zero-order chi connectivity index (χ0) is 22.1. The lowest BCUT2D eigenvalue weighted by atomic mass is 9.79. The molecular weight excluding hydrogens is 460 g/mol. The Hall–Kier alpha value is -2.69. The summed E-state index contributed by atoms with van der Waals surface area (Å²) in [4.78, 5) is 24.0. The highest BCUT2D eigenvalue weighted by Crippen LogP contribution is 2.45. The third-order valence-electron chi connectivity index (χ3n) is 5.52. The first-order valence-corrected chi connectivity index (χ1v) is 13.0. The van der Waals surface area contributed by atoms with Crippen LogP contribution in [0.5, 0.6) is 0 Å². The van der Waals surface area contributed by atoms with Crippen LogP contribution in [0.25, 0.3) is 6.08 Å². The smallest absolute Gasteiger partial charge is 0.253 e. The monoisotopic (exact) mass is 482 g/mol. The average molecular weight is 483 g/mol. The minimum Gasteiger partial charge on any atom is -0.383 e. The number of allylic oxidation sites excluding steroid dienone is 1. The topological polar surface area (TPSA) is 110 Å². The van der Waals surface area contributed by atoms with Gasteiger partial charge >= 0.3 is 0 Å². The molecule has 4 heterocycles. The number of hydrazone groups is 1. The van der Waals surface area contributed by atoms with Crippen LogP contribution in [-0.2, 0) is 4.79 Å². The second-order valence-corrected chi connectivity index (χ2v) is 10.6. The molecule has 0 saturated heterocycles. The molecule has 10 heteroatoms. The quantitative estimate of drug-likeness (QED) is 0.404. The number of thiophene rings is 2. The fourth-order valence-electron chi connectivity index (χ4n) is 4.21. The second kappa shape index (κ2) is 9.05. The first-order valence-electron chi connectivity index (χ1n) is 10.3. The van der Waals surface area contributed by atoms with Gasteiger partial charge in [-0.05, 0) is 53.8 Å². The van der Waals surface area contributed by atoms with Gasteiger partial charge in [-0.2, -0.15) is 5.10 Å². The standard InChI is InChI=1S/C22H22N6OS3/c23-17-11-18(24)26-22(25-17)32-12-19(29)28-21(16-7-3-9-31-16)15-6-1-4-13(20(15)27-28)10-14-5-2-8-30-14/h2-3,5,7-11,15,21H,1,4,6,12H2,(H4,23,24,25,26)/b13-10-/t15-,21-/m0/s1. The Morgan fingerprint density at radius 2 is 1.97 bits per heavy atom. The molecule has 0 spiro atoms.